The molecule has 0 aliphatic carbocycles. The molecule has 0 amide bonds. The van der Waals surface area contributed by atoms with Crippen molar-refractivity contribution in [3.63, 3.8) is 0 Å². The van der Waals surface area contributed by atoms with Crippen LogP contribution in [0.2, 0.25) is 0 Å². The van der Waals surface area contributed by atoms with Gasteiger partial charge < -0.3 is 11.1 Å². The molecule has 0 saturated carbocycles. The lowest BCUT2D eigenvalue weighted by Gasteiger charge is -2.15. The summed E-state index contributed by atoms with van der Waals surface area (Å²) in [5.74, 6) is 0.135. The lowest BCUT2D eigenvalue weighted by atomic mass is 9.92. The van der Waals surface area contributed by atoms with E-state index >= 15 is 0 Å². The highest BCUT2D eigenvalue weighted by atomic mass is 14.9. The Labute approximate surface area is 156 Å². The maximum absolute atomic E-state index is 9.84. The molecular weight excluding hydrogens is 338 g/mol. The lowest BCUT2D eigenvalue weighted by Crippen LogP contribution is -2.11. The summed E-state index contributed by atoms with van der Waals surface area (Å²) in [6, 6.07) is 13.3. The van der Waals surface area contributed by atoms with Crippen molar-refractivity contribution < 1.29 is 0 Å². The Balaban J connectivity index is 2.32. The predicted molar refractivity (Wildman–Crippen MR) is 105 cm³/mol. The molecule has 0 fully saturated rings. The molecule has 1 aliphatic rings. The third-order valence-corrected chi connectivity index (χ3v) is 4.00. The summed E-state index contributed by atoms with van der Waals surface area (Å²) in [5.41, 5.74) is 8.99. The van der Waals surface area contributed by atoms with Gasteiger partial charge in [0.25, 0.3) is 0 Å². The number of nitrogen functional groups attached to an aromatic ring is 1. The smallest absolute Gasteiger partial charge is 0.153 e. The van der Waals surface area contributed by atoms with E-state index in [2.05, 4.69) is 27.4 Å². The highest BCUT2D eigenvalue weighted by Gasteiger charge is 2.23. The number of aromatic nitrogens is 1. The largest absolute Gasteiger partial charge is 0.393 e. The number of allylic oxidation sites excluding steroid dienone is 1. The Bertz CT molecular complexity index is 1090. The van der Waals surface area contributed by atoms with Gasteiger partial charge in [0.1, 0.15) is 23.5 Å². The first-order valence-corrected chi connectivity index (χ1v) is 8.02. The molecule has 0 unspecified atom stereocenters. The minimum Gasteiger partial charge on any atom is -0.393 e. The van der Waals surface area contributed by atoms with Crippen LogP contribution in [0.15, 0.2) is 53.2 Å². The van der Waals surface area contributed by atoms with E-state index < -0.39 is 0 Å². The SMILES string of the molecule is CN/C=C1/C=C(c2nc(N)c(C#N)c(-c3ccccc3)c2C#N)C=NC1=N. The van der Waals surface area contributed by atoms with Crippen molar-refractivity contribution in [1.82, 2.24) is 10.3 Å². The fourth-order valence-electron chi connectivity index (χ4n) is 2.80. The standard InChI is InChI=1S/C20H15N7/c1-25-10-14-7-13(11-26-19(14)23)18-15(8-21)17(12-5-3-2-4-6-12)16(9-22)20(24)27-18/h2-7,10-11,23,25H,1H3,(H2,24,27)/b14-10-,23-19?. The molecule has 0 atom stereocenters. The van der Waals surface area contributed by atoms with Crippen LogP contribution < -0.4 is 11.1 Å². The van der Waals surface area contributed by atoms with Gasteiger partial charge in [-0.1, -0.05) is 30.3 Å². The molecule has 7 nitrogen and oxygen atoms in total. The Hall–Kier alpha value is -4.23. The van der Waals surface area contributed by atoms with E-state index in [9.17, 15) is 10.5 Å². The van der Waals surface area contributed by atoms with Gasteiger partial charge in [-0.3, -0.25) is 5.41 Å². The first-order chi connectivity index (χ1) is 13.1. The number of rotatable bonds is 3. The van der Waals surface area contributed by atoms with Crippen LogP contribution in [0, 0.1) is 28.1 Å². The second-order valence-corrected chi connectivity index (χ2v) is 5.66. The molecule has 0 spiro atoms. The number of nitrogens with two attached hydrogens (primary N) is 1. The maximum Gasteiger partial charge on any atom is 0.153 e. The van der Waals surface area contributed by atoms with Crippen molar-refractivity contribution in [3.05, 3.63) is 65.0 Å². The van der Waals surface area contributed by atoms with E-state index in [4.69, 9.17) is 11.1 Å². The van der Waals surface area contributed by atoms with Crippen LogP contribution in [-0.2, 0) is 0 Å². The number of hydrogen-bond acceptors (Lipinski definition) is 6. The Kier molecular flexibility index (Phi) is 4.78. The second-order valence-electron chi connectivity index (χ2n) is 5.66. The number of amidine groups is 1. The monoisotopic (exact) mass is 353 g/mol. The quantitative estimate of drug-likeness (QED) is 0.779. The minimum atomic E-state index is 0.0412. The van der Waals surface area contributed by atoms with Gasteiger partial charge in [-0.05, 0) is 11.6 Å². The second kappa shape index (κ2) is 7.34. The Morgan fingerprint density at radius 1 is 1.15 bits per heavy atom. The number of pyridine rings is 1. The number of nitriles is 2. The number of nitrogens with zero attached hydrogens (tertiary/aromatic N) is 4. The van der Waals surface area contributed by atoms with Gasteiger partial charge in [0.15, 0.2) is 5.84 Å². The molecule has 130 valence electrons. The average molecular weight is 353 g/mol. The van der Waals surface area contributed by atoms with Gasteiger partial charge in [-0.15, -0.1) is 0 Å². The zero-order chi connectivity index (χ0) is 19.4. The molecule has 1 aromatic heterocycles. The van der Waals surface area contributed by atoms with Crippen molar-refractivity contribution in [3.8, 4) is 23.3 Å². The molecule has 27 heavy (non-hydrogen) atoms. The molecule has 7 heteroatoms. The number of dihydropyridines is 1. The van der Waals surface area contributed by atoms with Crippen LogP contribution in [0.4, 0.5) is 5.82 Å². The lowest BCUT2D eigenvalue weighted by molar-refractivity contribution is 1.09. The van der Waals surface area contributed by atoms with Gasteiger partial charge in [0, 0.05) is 36.2 Å². The predicted octanol–water partition coefficient (Wildman–Crippen LogP) is 2.62. The molecule has 3 rings (SSSR count). The summed E-state index contributed by atoms with van der Waals surface area (Å²) in [6.07, 6.45) is 4.81. The zero-order valence-electron chi connectivity index (χ0n) is 14.5. The Morgan fingerprint density at radius 2 is 1.85 bits per heavy atom. The van der Waals surface area contributed by atoms with Crippen molar-refractivity contribution in [1.29, 1.82) is 15.9 Å². The first-order valence-electron chi connectivity index (χ1n) is 8.02. The molecule has 2 heterocycles. The molecule has 1 aromatic carbocycles. The number of aliphatic imine (C=N–C) groups is 1. The van der Waals surface area contributed by atoms with Gasteiger partial charge in [-0.25, -0.2) is 9.98 Å². The minimum absolute atomic E-state index is 0.0412. The van der Waals surface area contributed by atoms with Crippen LogP contribution in [0.1, 0.15) is 16.8 Å². The highest BCUT2D eigenvalue weighted by molar-refractivity contribution is 6.22. The van der Waals surface area contributed by atoms with Crippen molar-refractivity contribution in [2.45, 2.75) is 0 Å². The van der Waals surface area contributed by atoms with E-state index in [1.807, 2.05) is 30.3 Å². The summed E-state index contributed by atoms with van der Waals surface area (Å²) in [7, 11) is 1.72. The molecule has 2 aromatic rings. The third kappa shape index (κ3) is 3.17. The van der Waals surface area contributed by atoms with Gasteiger partial charge >= 0.3 is 0 Å². The normalized spacial score (nSPS) is 14.4. The summed E-state index contributed by atoms with van der Waals surface area (Å²) in [6.45, 7) is 0. The van der Waals surface area contributed by atoms with Crippen LogP contribution >= 0.6 is 0 Å². The summed E-state index contributed by atoms with van der Waals surface area (Å²) < 4.78 is 0. The van der Waals surface area contributed by atoms with E-state index in [0.29, 0.717) is 28.0 Å². The van der Waals surface area contributed by atoms with E-state index in [0.717, 1.165) is 0 Å². The average Bonchev–Trinajstić information content (AvgIpc) is 2.69. The molecule has 0 bridgehead atoms. The fourth-order valence-corrected chi connectivity index (χ4v) is 2.80. The first kappa shape index (κ1) is 17.6. The van der Waals surface area contributed by atoms with Crippen molar-refractivity contribution in [2.24, 2.45) is 4.99 Å². The Morgan fingerprint density at radius 3 is 2.48 bits per heavy atom. The van der Waals surface area contributed by atoms with Gasteiger partial charge in [0.05, 0.1) is 11.3 Å². The summed E-state index contributed by atoms with van der Waals surface area (Å²) in [4.78, 5) is 8.36. The molecule has 1 aliphatic heterocycles. The van der Waals surface area contributed by atoms with Crippen LogP contribution in [0.5, 0.6) is 0 Å². The molecule has 0 saturated heterocycles. The number of anilines is 1. The van der Waals surface area contributed by atoms with Crippen LogP contribution in [-0.4, -0.2) is 24.1 Å². The van der Waals surface area contributed by atoms with E-state index in [1.165, 1.54) is 6.21 Å². The fraction of sp³-hybridized carbons (Fsp3) is 0.0500. The van der Waals surface area contributed by atoms with Crippen LogP contribution in [0.3, 0.4) is 0 Å². The summed E-state index contributed by atoms with van der Waals surface area (Å²) in [5, 5.41) is 30.1. The topological polar surface area (TPSA) is 135 Å². The van der Waals surface area contributed by atoms with Crippen molar-refractivity contribution in [2.75, 3.05) is 12.8 Å². The highest BCUT2D eigenvalue weighted by Crippen LogP contribution is 2.34. The van der Waals surface area contributed by atoms with E-state index in [1.54, 1.807) is 19.3 Å². The van der Waals surface area contributed by atoms with Crippen molar-refractivity contribution >= 4 is 23.4 Å². The van der Waals surface area contributed by atoms with Gasteiger partial charge in [-0.2, -0.15) is 10.5 Å². The molecule has 4 N–H and O–H groups in total. The number of nitrogens with one attached hydrogen (secondary N) is 2. The number of benzene rings is 1. The molecule has 0 radical (unpaired) electrons. The van der Waals surface area contributed by atoms with Gasteiger partial charge in [0.2, 0.25) is 0 Å². The van der Waals surface area contributed by atoms with Crippen LogP contribution in [0.25, 0.3) is 16.7 Å². The maximum atomic E-state index is 9.84. The summed E-state index contributed by atoms with van der Waals surface area (Å²) >= 11 is 0. The zero-order valence-corrected chi connectivity index (χ0v) is 14.5. The number of hydrogen-bond donors (Lipinski definition) is 3. The van der Waals surface area contributed by atoms with E-state index in [-0.39, 0.29) is 22.8 Å². The molecular formula is C20H15N7. The third-order valence-electron chi connectivity index (χ3n) is 4.00.